The molecule has 50 valence electrons. The smallest absolute Gasteiger partial charge is 0.270 e. The zero-order chi connectivity index (χ0) is 7.07. The van der Waals surface area contributed by atoms with E-state index in [2.05, 4.69) is 15.9 Å². The van der Waals surface area contributed by atoms with Gasteiger partial charge in [-0.1, -0.05) is 0 Å². The lowest BCUT2D eigenvalue weighted by molar-refractivity contribution is -0.128. The minimum Gasteiger partial charge on any atom is -0.370 e. The van der Waals surface area contributed by atoms with E-state index in [9.17, 15) is 9.59 Å². The van der Waals surface area contributed by atoms with Gasteiger partial charge in [-0.25, -0.2) is 0 Å². The molecule has 1 atom stereocenters. The molecular weight excluding hydrogens is 190 g/mol. The Hall–Kier alpha value is -0.420. The van der Waals surface area contributed by atoms with E-state index < -0.39 is 16.3 Å². The Labute approximate surface area is 59.4 Å². The highest BCUT2D eigenvalue weighted by molar-refractivity contribution is 9.10. The Morgan fingerprint density at radius 2 is 2.22 bits per heavy atom. The Morgan fingerprint density at radius 3 is 2.33 bits per heavy atom. The predicted molar refractivity (Wildman–Crippen MR) is 31.6 cm³/mol. The van der Waals surface area contributed by atoms with Crippen molar-refractivity contribution in [3.63, 3.8) is 0 Å². The summed E-state index contributed by atoms with van der Waals surface area (Å²) >= 11 is 2.67. The van der Waals surface area contributed by atoms with Crippen molar-refractivity contribution in [2.75, 3.05) is 0 Å². The summed E-state index contributed by atoms with van der Waals surface area (Å²) in [6.07, 6.45) is -0.203. The first kappa shape index (κ1) is 6.70. The first-order valence-corrected chi connectivity index (χ1v) is 3.07. The van der Waals surface area contributed by atoms with Crippen LogP contribution < -0.4 is 5.32 Å². The standard InChI is InChI=1S/C4H4BrNO3/c5-4(9)1-2(7)6-3(4)8/h9H,1H2,(H,6,7,8). The number of carbonyl (C=O) groups excluding carboxylic acids is 2. The summed E-state index contributed by atoms with van der Waals surface area (Å²) in [7, 11) is 0. The topological polar surface area (TPSA) is 66.4 Å². The van der Waals surface area contributed by atoms with Crippen LogP contribution in [-0.2, 0) is 9.59 Å². The van der Waals surface area contributed by atoms with E-state index in [-0.39, 0.29) is 6.42 Å². The lowest BCUT2D eigenvalue weighted by Gasteiger charge is -2.05. The number of rotatable bonds is 0. The van der Waals surface area contributed by atoms with Crippen molar-refractivity contribution in [3.05, 3.63) is 0 Å². The largest absolute Gasteiger partial charge is 0.370 e. The number of aliphatic hydroxyl groups is 1. The van der Waals surface area contributed by atoms with Crippen molar-refractivity contribution in [1.82, 2.24) is 5.32 Å². The fraction of sp³-hybridized carbons (Fsp3) is 0.500. The molecule has 0 aliphatic carbocycles. The summed E-state index contributed by atoms with van der Waals surface area (Å²) in [5.41, 5.74) is 0. The average molecular weight is 194 g/mol. The third-order valence-electron chi connectivity index (χ3n) is 0.996. The van der Waals surface area contributed by atoms with Crippen LogP contribution in [0.1, 0.15) is 6.42 Å². The number of amides is 2. The lowest BCUT2D eigenvalue weighted by Crippen LogP contribution is -2.31. The molecule has 0 aromatic heterocycles. The summed E-state index contributed by atoms with van der Waals surface area (Å²) in [5.74, 6) is -1.15. The van der Waals surface area contributed by atoms with Gasteiger partial charge in [0.2, 0.25) is 10.4 Å². The fourth-order valence-corrected chi connectivity index (χ4v) is 0.913. The van der Waals surface area contributed by atoms with Crippen LogP contribution in [0.25, 0.3) is 0 Å². The van der Waals surface area contributed by atoms with E-state index in [1.807, 2.05) is 5.32 Å². The molecule has 1 unspecified atom stereocenters. The van der Waals surface area contributed by atoms with Gasteiger partial charge in [-0.2, -0.15) is 0 Å². The molecule has 4 nitrogen and oxygen atoms in total. The molecule has 0 saturated carbocycles. The number of imide groups is 1. The Balaban J connectivity index is 2.81. The Morgan fingerprint density at radius 1 is 1.67 bits per heavy atom. The van der Waals surface area contributed by atoms with E-state index in [0.29, 0.717) is 0 Å². The van der Waals surface area contributed by atoms with Gasteiger partial charge in [-0.05, 0) is 15.9 Å². The number of hydrogen-bond donors (Lipinski definition) is 2. The molecule has 1 aliphatic rings. The van der Waals surface area contributed by atoms with Gasteiger partial charge in [0.05, 0.1) is 6.42 Å². The molecular formula is C4H4BrNO3. The van der Waals surface area contributed by atoms with Crippen LogP contribution >= 0.6 is 15.9 Å². The molecule has 1 fully saturated rings. The molecule has 5 heteroatoms. The minimum absolute atomic E-state index is 0.203. The molecule has 2 amide bonds. The Kier molecular flexibility index (Phi) is 1.32. The van der Waals surface area contributed by atoms with Crippen LogP contribution in [-0.4, -0.2) is 21.4 Å². The van der Waals surface area contributed by atoms with Gasteiger partial charge >= 0.3 is 0 Å². The van der Waals surface area contributed by atoms with Gasteiger partial charge in [0.25, 0.3) is 5.91 Å². The van der Waals surface area contributed by atoms with E-state index >= 15 is 0 Å². The summed E-state index contributed by atoms with van der Waals surface area (Å²) < 4.78 is -1.66. The second-order valence-electron chi connectivity index (χ2n) is 1.81. The second-order valence-corrected chi connectivity index (χ2v) is 3.13. The van der Waals surface area contributed by atoms with Crippen LogP contribution in [0.4, 0.5) is 0 Å². The second kappa shape index (κ2) is 1.78. The van der Waals surface area contributed by atoms with Crippen molar-refractivity contribution in [1.29, 1.82) is 0 Å². The van der Waals surface area contributed by atoms with Crippen molar-refractivity contribution < 1.29 is 14.7 Å². The molecule has 0 aromatic carbocycles. The molecule has 9 heavy (non-hydrogen) atoms. The van der Waals surface area contributed by atoms with E-state index in [0.717, 1.165) is 0 Å². The minimum atomic E-state index is -1.66. The average Bonchev–Trinajstić information content (AvgIpc) is 1.79. The molecule has 0 bridgehead atoms. The van der Waals surface area contributed by atoms with Crippen LogP contribution in [0.15, 0.2) is 0 Å². The summed E-state index contributed by atoms with van der Waals surface area (Å²) in [6, 6.07) is 0. The number of nitrogens with one attached hydrogen (secondary N) is 1. The summed E-state index contributed by atoms with van der Waals surface area (Å²) in [6.45, 7) is 0. The third-order valence-corrected chi connectivity index (χ3v) is 1.64. The van der Waals surface area contributed by atoms with Crippen LogP contribution in [0.2, 0.25) is 0 Å². The summed E-state index contributed by atoms with van der Waals surface area (Å²) in [4.78, 5) is 20.8. The van der Waals surface area contributed by atoms with E-state index in [1.54, 1.807) is 0 Å². The quantitative estimate of drug-likeness (QED) is 0.388. The van der Waals surface area contributed by atoms with Gasteiger partial charge in [0.1, 0.15) is 0 Å². The maximum Gasteiger partial charge on any atom is 0.270 e. The first-order chi connectivity index (χ1) is 4.02. The van der Waals surface area contributed by atoms with Crippen molar-refractivity contribution in [2.45, 2.75) is 10.9 Å². The third kappa shape index (κ3) is 1.11. The maximum atomic E-state index is 10.5. The number of hydrogen-bond acceptors (Lipinski definition) is 3. The molecule has 1 rings (SSSR count). The van der Waals surface area contributed by atoms with E-state index in [1.165, 1.54) is 0 Å². The van der Waals surface area contributed by atoms with Gasteiger partial charge in [0, 0.05) is 0 Å². The van der Waals surface area contributed by atoms with Gasteiger partial charge in [0.15, 0.2) is 0 Å². The SMILES string of the molecule is O=C1CC(O)(Br)C(=O)N1. The highest BCUT2D eigenvalue weighted by Crippen LogP contribution is 2.23. The monoisotopic (exact) mass is 193 g/mol. The van der Waals surface area contributed by atoms with Crippen LogP contribution in [0.5, 0.6) is 0 Å². The molecule has 1 heterocycles. The zero-order valence-electron chi connectivity index (χ0n) is 4.35. The molecule has 0 radical (unpaired) electrons. The predicted octanol–water partition coefficient (Wildman–Crippen LogP) is -0.884. The lowest BCUT2D eigenvalue weighted by atomic mass is 10.3. The number of alkyl halides is 1. The van der Waals surface area contributed by atoms with Crippen LogP contribution in [0, 0.1) is 0 Å². The fourth-order valence-electron chi connectivity index (χ4n) is 0.560. The Bertz CT molecular complexity index is 177. The van der Waals surface area contributed by atoms with Crippen molar-refractivity contribution in [2.24, 2.45) is 0 Å². The zero-order valence-corrected chi connectivity index (χ0v) is 5.93. The number of carbonyl (C=O) groups is 2. The number of halogens is 1. The molecule has 2 N–H and O–H groups in total. The highest BCUT2D eigenvalue weighted by Gasteiger charge is 2.42. The van der Waals surface area contributed by atoms with Crippen LogP contribution in [0.3, 0.4) is 0 Å². The van der Waals surface area contributed by atoms with Crippen molar-refractivity contribution >= 4 is 27.7 Å². The molecule has 1 aliphatic heterocycles. The highest BCUT2D eigenvalue weighted by atomic mass is 79.9. The van der Waals surface area contributed by atoms with Gasteiger partial charge in [-0.3, -0.25) is 14.9 Å². The molecule has 1 saturated heterocycles. The van der Waals surface area contributed by atoms with Gasteiger partial charge < -0.3 is 5.11 Å². The molecule has 0 aromatic rings. The van der Waals surface area contributed by atoms with E-state index in [4.69, 9.17) is 5.11 Å². The summed E-state index contributed by atoms with van der Waals surface area (Å²) in [5, 5.41) is 10.8. The maximum absolute atomic E-state index is 10.5. The normalized spacial score (nSPS) is 34.9. The van der Waals surface area contributed by atoms with Gasteiger partial charge in [-0.15, -0.1) is 0 Å². The first-order valence-electron chi connectivity index (χ1n) is 2.28. The van der Waals surface area contributed by atoms with Crippen molar-refractivity contribution in [3.8, 4) is 0 Å². The molecule has 0 spiro atoms.